The van der Waals surface area contributed by atoms with Gasteiger partial charge in [-0.25, -0.2) is 0 Å². The van der Waals surface area contributed by atoms with Crippen LogP contribution in [0.3, 0.4) is 0 Å². The van der Waals surface area contributed by atoms with Crippen LogP contribution in [0.15, 0.2) is 170 Å². The molecule has 0 bridgehead atoms. The second kappa shape index (κ2) is 38.9. The molecule has 22 heteroatoms. The molecule has 0 saturated heterocycles. The molecule has 0 aliphatic carbocycles. The lowest BCUT2D eigenvalue weighted by Gasteiger charge is -2.03. The Morgan fingerprint density at radius 3 is 0.925 bits per heavy atom. The van der Waals surface area contributed by atoms with E-state index in [9.17, 15) is 5.11 Å². The molecule has 10 rings (SSSR count). The Balaban J connectivity index is 0.000000517. The Kier molecular flexibility index (Phi) is 33.0. The molecule has 10 aromatic rings. The maximum atomic E-state index is 9.23. The van der Waals surface area contributed by atoms with Crippen LogP contribution in [0.5, 0.6) is 126 Å². The molecule has 0 unspecified atom stereocenters. The van der Waals surface area contributed by atoms with Gasteiger partial charge in [0.15, 0.2) is 28.7 Å². The van der Waals surface area contributed by atoms with Crippen molar-refractivity contribution in [2.24, 2.45) is 0 Å². The minimum atomic E-state index is -0.475. The molecule has 0 heterocycles. The maximum Gasteiger partial charge on any atom is 0.200 e. The lowest BCUT2D eigenvalue weighted by molar-refractivity contribution is 0.368. The normalized spacial score (nSPS) is 9.53. The van der Waals surface area contributed by atoms with Gasteiger partial charge in [0.05, 0.1) is 0 Å². The van der Waals surface area contributed by atoms with Crippen molar-refractivity contribution >= 4 is 0 Å². The minimum Gasteiger partial charge on any atom is -0.508 e. The molecule has 0 amide bonds. The molecule has 498 valence electrons. The van der Waals surface area contributed by atoms with Crippen LogP contribution in [-0.2, 0) is 6.42 Å². The van der Waals surface area contributed by atoms with Crippen molar-refractivity contribution in [3.05, 3.63) is 225 Å². The standard InChI is InChI=1S/4C8H10O2.3C7H8O2.2C6H6O3.C6H6O2/c1-5-3-7(9)4-8(10)6(5)2;1-5-3-7(9)6(2)8(10)4-5;1-5-3-4-7(9)6(2)8(5)10;1-2-6-3-4-7(9)5-8(6)10;1-5-2-6(8)4-7(9)3-5;1-5-2-3-6(8)4-7(5)9;1-5-6(8)3-2-4-7(5)9;7-4-1-2-5(8)6(9)3-4;7-4-2-1-3-5(8)6(4)9;7-5-2-1-3-6(8)4-5/h3*3-4,9-10H,1-2H3;3-5,9-10H,2H2,1H3;3*2-4,8-9H,1H3;2*1-3,7-9H;1-4,7-8H. The average Bonchev–Trinajstić information content (AvgIpc) is 3.42. The number of hydrogen-bond donors (Lipinski definition) is 22. The number of benzene rings is 10. The lowest BCUT2D eigenvalue weighted by atomic mass is 10.1. The topological polar surface area (TPSA) is 445 Å². The van der Waals surface area contributed by atoms with Gasteiger partial charge in [-0.15, -0.1) is 0 Å². The fraction of sp³-hybridized carbons (Fsp3) is 0.155. The van der Waals surface area contributed by atoms with E-state index in [4.69, 9.17) is 107 Å². The summed E-state index contributed by atoms with van der Waals surface area (Å²) in [6.45, 7) is 17.8. The van der Waals surface area contributed by atoms with Gasteiger partial charge in [0.25, 0.3) is 0 Å². The molecule has 0 aromatic heterocycles. The summed E-state index contributed by atoms with van der Waals surface area (Å²) in [5.74, 6) is 0.345. The highest BCUT2D eigenvalue weighted by molar-refractivity contribution is 5.50. The predicted octanol–water partition coefficient (Wildman–Crippen LogP) is 13.7. The molecule has 0 radical (unpaired) electrons. The zero-order chi connectivity index (χ0) is 71.0. The summed E-state index contributed by atoms with van der Waals surface area (Å²) in [6, 6.07) is 41.1. The Morgan fingerprint density at radius 2 is 0.548 bits per heavy atom. The third-order valence-corrected chi connectivity index (χ3v) is 12.5. The highest BCUT2D eigenvalue weighted by Crippen LogP contribution is 2.34. The monoisotopic (exact) mass is 1290 g/mol. The first kappa shape index (κ1) is 78.8. The van der Waals surface area contributed by atoms with E-state index >= 15 is 0 Å². The SMILES string of the molecule is CCc1ccc(O)cc1O.Cc1c(O)cccc1O.Cc1cc(O)c(C)c(O)c1.Cc1cc(O)cc(O)c1.Cc1cc(O)cc(O)c1C.Cc1ccc(O)c(C)c1O.Cc1ccc(O)cc1O.Oc1ccc(O)c(O)c1.Oc1cccc(O)c1.Oc1cccc(O)c1O. The summed E-state index contributed by atoms with van der Waals surface area (Å²) in [6.07, 6.45) is 0.784. The van der Waals surface area contributed by atoms with Crippen LogP contribution in [-0.4, -0.2) is 112 Å². The number of para-hydroxylation sites is 1. The van der Waals surface area contributed by atoms with Crippen LogP contribution in [0, 0.1) is 62.3 Å². The summed E-state index contributed by atoms with van der Waals surface area (Å²) in [7, 11) is 0. The van der Waals surface area contributed by atoms with Crippen molar-refractivity contribution in [3.63, 3.8) is 0 Å². The van der Waals surface area contributed by atoms with Crippen molar-refractivity contribution in [2.45, 2.75) is 75.7 Å². The first-order valence-electron chi connectivity index (χ1n) is 27.7. The van der Waals surface area contributed by atoms with Crippen LogP contribution in [0.2, 0.25) is 0 Å². The Morgan fingerprint density at radius 1 is 0.204 bits per heavy atom. The Labute approximate surface area is 537 Å². The summed E-state index contributed by atoms with van der Waals surface area (Å²) < 4.78 is 0. The zero-order valence-corrected chi connectivity index (χ0v) is 52.7. The van der Waals surface area contributed by atoms with E-state index in [0.717, 1.165) is 51.4 Å². The van der Waals surface area contributed by atoms with E-state index < -0.39 is 5.75 Å². The van der Waals surface area contributed by atoms with E-state index in [1.54, 1.807) is 114 Å². The van der Waals surface area contributed by atoms with Crippen molar-refractivity contribution < 1.29 is 112 Å². The molecular formula is C71H82O22. The highest BCUT2D eigenvalue weighted by Gasteiger charge is 2.06. The Hall–Kier alpha value is -12.2. The summed E-state index contributed by atoms with van der Waals surface area (Å²) in [4.78, 5) is 0. The highest BCUT2D eigenvalue weighted by atomic mass is 16.3. The van der Waals surface area contributed by atoms with Crippen molar-refractivity contribution in [1.82, 2.24) is 0 Å². The molecule has 0 atom stereocenters. The quantitative estimate of drug-likeness (QED) is 0.0536. The van der Waals surface area contributed by atoms with Gasteiger partial charge in [0, 0.05) is 53.1 Å². The molecule has 93 heavy (non-hydrogen) atoms. The fourth-order valence-corrected chi connectivity index (χ4v) is 6.80. The number of hydrogen-bond acceptors (Lipinski definition) is 22. The summed E-state index contributed by atoms with van der Waals surface area (Å²) >= 11 is 0. The first-order chi connectivity index (χ1) is 43.4. The van der Waals surface area contributed by atoms with Crippen molar-refractivity contribution in [3.8, 4) is 126 Å². The van der Waals surface area contributed by atoms with Gasteiger partial charge in [0.2, 0.25) is 0 Å². The molecular weight excluding hydrogens is 1200 g/mol. The van der Waals surface area contributed by atoms with Crippen molar-refractivity contribution in [1.29, 1.82) is 0 Å². The van der Waals surface area contributed by atoms with Gasteiger partial charge < -0.3 is 112 Å². The van der Waals surface area contributed by atoms with E-state index in [2.05, 4.69) is 0 Å². The van der Waals surface area contributed by atoms with Crippen molar-refractivity contribution in [2.75, 3.05) is 0 Å². The van der Waals surface area contributed by atoms with Crippen LogP contribution in [0.25, 0.3) is 0 Å². The van der Waals surface area contributed by atoms with Crippen LogP contribution >= 0.6 is 0 Å². The number of phenols is 22. The van der Waals surface area contributed by atoms with E-state index in [-0.39, 0.29) is 121 Å². The van der Waals surface area contributed by atoms with Crippen LogP contribution in [0.1, 0.15) is 62.6 Å². The molecule has 0 aliphatic heterocycles. The smallest absolute Gasteiger partial charge is 0.200 e. The molecule has 22 nitrogen and oxygen atoms in total. The average molecular weight is 1290 g/mol. The summed E-state index contributed by atoms with van der Waals surface area (Å²) in [5.41, 5.74) is 7.45. The number of aryl methyl sites for hydroxylation is 6. The molecule has 0 fully saturated rings. The zero-order valence-electron chi connectivity index (χ0n) is 52.7. The summed E-state index contributed by atoms with van der Waals surface area (Å²) in [5, 5.41) is 195. The number of rotatable bonds is 1. The third kappa shape index (κ3) is 29.6. The van der Waals surface area contributed by atoms with Gasteiger partial charge in [-0.1, -0.05) is 43.3 Å². The van der Waals surface area contributed by atoms with Gasteiger partial charge in [-0.2, -0.15) is 0 Å². The predicted molar refractivity (Wildman–Crippen MR) is 353 cm³/mol. The second-order valence-electron chi connectivity index (χ2n) is 20.1. The molecule has 0 spiro atoms. The van der Waals surface area contributed by atoms with E-state index in [1.807, 2.05) is 27.7 Å². The number of phenolic OH excluding ortho intramolecular Hbond substituents is 22. The molecule has 10 aromatic carbocycles. The van der Waals surface area contributed by atoms with Crippen LogP contribution in [0.4, 0.5) is 0 Å². The fourth-order valence-electron chi connectivity index (χ4n) is 6.80. The molecule has 22 N–H and O–H groups in total. The van der Waals surface area contributed by atoms with Gasteiger partial charge in [0.1, 0.15) is 97.7 Å². The largest absolute Gasteiger partial charge is 0.508 e. The first-order valence-corrected chi connectivity index (χ1v) is 27.7. The van der Waals surface area contributed by atoms with Gasteiger partial charge >= 0.3 is 0 Å². The van der Waals surface area contributed by atoms with Gasteiger partial charge in [-0.3, -0.25) is 0 Å². The van der Waals surface area contributed by atoms with E-state index in [1.165, 1.54) is 91.0 Å². The Bertz CT molecular complexity index is 3620. The second-order valence-corrected chi connectivity index (χ2v) is 20.1. The third-order valence-electron chi connectivity index (χ3n) is 12.5. The van der Waals surface area contributed by atoms with Gasteiger partial charge in [-0.05, 0) is 205 Å². The molecule has 0 saturated carbocycles. The number of aromatic hydroxyl groups is 22. The van der Waals surface area contributed by atoms with Crippen LogP contribution < -0.4 is 0 Å². The maximum absolute atomic E-state index is 9.23. The molecule has 0 aliphatic rings. The van der Waals surface area contributed by atoms with E-state index in [0.29, 0.717) is 16.7 Å². The minimum absolute atomic E-state index is 0.0645. The lowest BCUT2D eigenvalue weighted by Crippen LogP contribution is -1.80.